The van der Waals surface area contributed by atoms with Crippen molar-refractivity contribution in [3.8, 4) is 0 Å². The van der Waals surface area contributed by atoms with Crippen LogP contribution in [-0.4, -0.2) is 43.4 Å². The van der Waals surface area contributed by atoms with Gasteiger partial charge in [-0.3, -0.25) is 9.59 Å². The molecule has 1 aromatic rings. The molecule has 1 saturated heterocycles. The van der Waals surface area contributed by atoms with Crippen molar-refractivity contribution in [2.75, 3.05) is 26.7 Å². The largest absolute Gasteiger partial charge is 0.352 e. The first-order valence-corrected chi connectivity index (χ1v) is 8.92. The number of hydrogen-bond acceptors (Lipinski definition) is 3. The molecule has 2 amide bonds. The topological polar surface area (TPSA) is 61.4 Å². The molecule has 0 bridgehead atoms. The zero-order valence-electron chi connectivity index (χ0n) is 15.5. The fourth-order valence-electron chi connectivity index (χ4n) is 3.06. The van der Waals surface area contributed by atoms with Gasteiger partial charge in [-0.1, -0.05) is 17.7 Å². The monoisotopic (exact) mass is 343 g/mol. The van der Waals surface area contributed by atoms with Crippen molar-refractivity contribution in [3.63, 3.8) is 0 Å². The van der Waals surface area contributed by atoms with E-state index in [0.29, 0.717) is 18.0 Å². The molecule has 1 atom stereocenters. The van der Waals surface area contributed by atoms with E-state index < -0.39 is 0 Å². The second-order valence-corrected chi connectivity index (χ2v) is 7.12. The van der Waals surface area contributed by atoms with Gasteiger partial charge in [-0.25, -0.2) is 0 Å². The van der Waals surface area contributed by atoms with E-state index in [1.54, 1.807) is 6.08 Å². The first-order valence-electron chi connectivity index (χ1n) is 8.92. The summed E-state index contributed by atoms with van der Waals surface area (Å²) in [5, 5.41) is 5.87. The predicted molar refractivity (Wildman–Crippen MR) is 100 cm³/mol. The van der Waals surface area contributed by atoms with Gasteiger partial charge in [0.15, 0.2) is 0 Å². The number of carbonyl (C=O) groups is 2. The minimum absolute atomic E-state index is 0.0339. The number of allylic oxidation sites excluding steroid dienone is 1. The highest BCUT2D eigenvalue weighted by Crippen LogP contribution is 2.14. The van der Waals surface area contributed by atoms with Gasteiger partial charge in [-0.15, -0.1) is 0 Å². The fourth-order valence-corrected chi connectivity index (χ4v) is 3.06. The molecule has 0 spiro atoms. The number of carbonyl (C=O) groups excluding carboxylic acids is 2. The molecule has 0 aliphatic carbocycles. The highest BCUT2D eigenvalue weighted by atomic mass is 16.2. The van der Waals surface area contributed by atoms with E-state index in [0.717, 1.165) is 30.8 Å². The maximum absolute atomic E-state index is 12.3. The predicted octanol–water partition coefficient (Wildman–Crippen LogP) is 2.34. The van der Waals surface area contributed by atoms with Crippen molar-refractivity contribution in [2.45, 2.75) is 33.2 Å². The molecule has 1 aliphatic rings. The number of rotatable bonds is 6. The molecule has 136 valence electrons. The Kier molecular flexibility index (Phi) is 7.19. The van der Waals surface area contributed by atoms with Crippen molar-refractivity contribution < 1.29 is 9.59 Å². The maximum Gasteiger partial charge on any atom is 0.251 e. The summed E-state index contributed by atoms with van der Waals surface area (Å²) in [5.41, 5.74) is 2.60. The highest BCUT2D eigenvalue weighted by molar-refractivity contribution is 5.94. The number of nitrogens with zero attached hydrogens (tertiary/aromatic N) is 1. The van der Waals surface area contributed by atoms with Crippen LogP contribution in [0, 0.1) is 5.92 Å². The van der Waals surface area contributed by atoms with E-state index in [-0.39, 0.29) is 11.8 Å². The summed E-state index contributed by atoms with van der Waals surface area (Å²) in [5.74, 6) is 0.403. The van der Waals surface area contributed by atoms with Crippen LogP contribution in [0.25, 0.3) is 0 Å². The summed E-state index contributed by atoms with van der Waals surface area (Å²) in [4.78, 5) is 26.2. The van der Waals surface area contributed by atoms with E-state index in [1.165, 1.54) is 12.8 Å². The molecule has 1 fully saturated rings. The van der Waals surface area contributed by atoms with Gasteiger partial charge in [0.2, 0.25) is 5.91 Å². The third kappa shape index (κ3) is 6.70. The number of likely N-dealkylation sites (tertiary alicyclic amines) is 1. The third-order valence-electron chi connectivity index (χ3n) is 4.38. The molecule has 1 aliphatic heterocycles. The van der Waals surface area contributed by atoms with Crippen LogP contribution in [0.1, 0.15) is 42.6 Å². The molecule has 0 radical (unpaired) electrons. The zero-order chi connectivity index (χ0) is 18.2. The molecule has 2 N–H and O–H groups in total. The molecule has 2 rings (SSSR count). The summed E-state index contributed by atoms with van der Waals surface area (Å²) < 4.78 is 0. The summed E-state index contributed by atoms with van der Waals surface area (Å²) in [7, 11) is 2.13. The number of benzene rings is 1. The molecular weight excluding hydrogens is 314 g/mol. The molecular formula is C20H29N3O2. The molecule has 1 aromatic carbocycles. The van der Waals surface area contributed by atoms with E-state index in [1.807, 2.05) is 38.1 Å². The van der Waals surface area contributed by atoms with Crippen molar-refractivity contribution in [3.05, 3.63) is 47.0 Å². The quantitative estimate of drug-likeness (QED) is 0.780. The lowest BCUT2D eigenvalue weighted by molar-refractivity contribution is -0.116. The first kappa shape index (κ1) is 19.2. The lowest BCUT2D eigenvalue weighted by atomic mass is 9.98. The van der Waals surface area contributed by atoms with Gasteiger partial charge in [-0.05, 0) is 63.9 Å². The van der Waals surface area contributed by atoms with Crippen LogP contribution in [0.3, 0.4) is 0 Å². The minimum atomic E-state index is -0.0979. The molecule has 1 heterocycles. The Balaban J connectivity index is 1.79. The Bertz CT molecular complexity index is 618. The van der Waals surface area contributed by atoms with Gasteiger partial charge in [0.05, 0.1) is 0 Å². The molecule has 5 heteroatoms. The van der Waals surface area contributed by atoms with Gasteiger partial charge in [-0.2, -0.15) is 0 Å². The summed E-state index contributed by atoms with van der Waals surface area (Å²) in [6.07, 6.45) is 3.95. The van der Waals surface area contributed by atoms with E-state index >= 15 is 0 Å². The Labute approximate surface area is 150 Å². The summed E-state index contributed by atoms with van der Waals surface area (Å²) in [6.45, 7) is 7.15. The van der Waals surface area contributed by atoms with Crippen LogP contribution >= 0.6 is 0 Å². The number of hydrogen-bond donors (Lipinski definition) is 2. The first-order chi connectivity index (χ1) is 11.9. The Morgan fingerprint density at radius 3 is 2.56 bits per heavy atom. The van der Waals surface area contributed by atoms with Gasteiger partial charge in [0, 0.05) is 31.3 Å². The lowest BCUT2D eigenvalue weighted by Gasteiger charge is -2.29. The van der Waals surface area contributed by atoms with Crippen LogP contribution in [0.15, 0.2) is 35.9 Å². The van der Waals surface area contributed by atoms with Gasteiger partial charge < -0.3 is 15.5 Å². The van der Waals surface area contributed by atoms with Crippen molar-refractivity contribution in [2.24, 2.45) is 5.92 Å². The molecule has 0 aromatic heterocycles. The molecule has 0 unspecified atom stereocenters. The maximum atomic E-state index is 12.3. The van der Waals surface area contributed by atoms with Crippen molar-refractivity contribution >= 4 is 11.8 Å². The average molecular weight is 343 g/mol. The highest BCUT2D eigenvalue weighted by Gasteiger charge is 2.18. The van der Waals surface area contributed by atoms with Crippen LogP contribution in [0.2, 0.25) is 0 Å². The van der Waals surface area contributed by atoms with Gasteiger partial charge in [0.25, 0.3) is 5.91 Å². The van der Waals surface area contributed by atoms with Crippen molar-refractivity contribution in [1.82, 2.24) is 15.5 Å². The minimum Gasteiger partial charge on any atom is -0.352 e. The van der Waals surface area contributed by atoms with E-state index in [4.69, 9.17) is 0 Å². The summed E-state index contributed by atoms with van der Waals surface area (Å²) >= 11 is 0. The zero-order valence-corrected chi connectivity index (χ0v) is 15.5. The fraction of sp³-hybridized carbons (Fsp3) is 0.500. The second kappa shape index (κ2) is 9.37. The SMILES string of the molecule is CC(C)=CC(=O)NCc1ccc(C(=O)NC[C@H]2CCCN(C)C2)cc1. The van der Waals surface area contributed by atoms with Gasteiger partial charge >= 0.3 is 0 Å². The molecule has 0 saturated carbocycles. The Morgan fingerprint density at radius 1 is 1.20 bits per heavy atom. The normalized spacial score (nSPS) is 17.6. The lowest BCUT2D eigenvalue weighted by Crippen LogP contribution is -2.39. The van der Waals surface area contributed by atoms with Crippen molar-refractivity contribution in [1.29, 1.82) is 0 Å². The summed E-state index contributed by atoms with van der Waals surface area (Å²) in [6, 6.07) is 7.38. The van der Waals surface area contributed by atoms with E-state index in [2.05, 4.69) is 22.6 Å². The van der Waals surface area contributed by atoms with Gasteiger partial charge in [0.1, 0.15) is 0 Å². The molecule has 5 nitrogen and oxygen atoms in total. The van der Waals surface area contributed by atoms with Crippen LogP contribution in [-0.2, 0) is 11.3 Å². The van der Waals surface area contributed by atoms with Crippen LogP contribution in [0.4, 0.5) is 0 Å². The van der Waals surface area contributed by atoms with Crippen LogP contribution in [0.5, 0.6) is 0 Å². The number of piperidine rings is 1. The third-order valence-corrected chi connectivity index (χ3v) is 4.38. The Morgan fingerprint density at radius 2 is 1.92 bits per heavy atom. The van der Waals surface area contributed by atoms with E-state index in [9.17, 15) is 9.59 Å². The standard InChI is InChI=1S/C20H29N3O2/c1-15(2)11-19(24)21-12-16-6-8-18(9-7-16)20(25)22-13-17-5-4-10-23(3)14-17/h6-9,11,17H,4-5,10,12-14H2,1-3H3,(H,21,24)(H,22,25)/t17-/m1/s1. The Hall–Kier alpha value is -2.14. The van der Waals surface area contributed by atoms with Crippen LogP contribution < -0.4 is 10.6 Å². The number of nitrogens with one attached hydrogen (secondary N) is 2. The molecule has 25 heavy (non-hydrogen) atoms. The second-order valence-electron chi connectivity index (χ2n) is 7.12. The smallest absolute Gasteiger partial charge is 0.251 e. The number of amides is 2. The average Bonchev–Trinajstić information content (AvgIpc) is 2.58.